The third-order valence-electron chi connectivity index (χ3n) is 1.74. The van der Waals surface area contributed by atoms with Crippen LogP contribution in [0.1, 0.15) is 0 Å². The van der Waals surface area contributed by atoms with Gasteiger partial charge >= 0.3 is 7.82 Å². The zero-order chi connectivity index (χ0) is 12.9. The number of phosphoric ester groups is 1. The van der Waals surface area contributed by atoms with Gasteiger partial charge in [-0.3, -0.25) is 4.52 Å². The van der Waals surface area contributed by atoms with E-state index in [2.05, 4.69) is 4.52 Å². The summed E-state index contributed by atoms with van der Waals surface area (Å²) >= 11 is 0. The number of hydrogen-bond acceptors (Lipinski definition) is 7. The summed E-state index contributed by atoms with van der Waals surface area (Å²) in [5, 5.41) is 44.8. The molecule has 98 valence electrons. The SMILES string of the molecule is O=P(O)(O)OC[C@@H](O)[C@@H](O)[C@H](O)[C@@H](O)CO. The lowest BCUT2D eigenvalue weighted by atomic mass is 10.0. The fraction of sp³-hybridized carbons (Fsp3) is 1.00. The third kappa shape index (κ3) is 5.85. The smallest absolute Gasteiger partial charge is 0.394 e. The van der Waals surface area contributed by atoms with E-state index in [0.29, 0.717) is 0 Å². The Bertz CT molecular complexity index is 240. The summed E-state index contributed by atoms with van der Waals surface area (Å²) in [6.07, 6.45) is -7.27. The van der Waals surface area contributed by atoms with Gasteiger partial charge in [0.25, 0.3) is 0 Å². The fourth-order valence-corrected chi connectivity index (χ4v) is 1.18. The average Bonchev–Trinajstić information content (AvgIpc) is 2.21. The van der Waals surface area contributed by atoms with Gasteiger partial charge in [0.1, 0.15) is 24.4 Å². The number of aliphatic hydroxyl groups is 5. The lowest BCUT2D eigenvalue weighted by molar-refractivity contribution is -0.122. The molecule has 10 heteroatoms. The van der Waals surface area contributed by atoms with Crippen LogP contribution in [0.4, 0.5) is 0 Å². The molecule has 0 unspecified atom stereocenters. The molecule has 7 N–H and O–H groups in total. The number of hydrogen-bond donors (Lipinski definition) is 7. The quantitative estimate of drug-likeness (QED) is 0.230. The number of phosphoric acid groups is 1. The highest BCUT2D eigenvalue weighted by molar-refractivity contribution is 7.46. The molecule has 0 aromatic heterocycles. The average molecular weight is 262 g/mol. The van der Waals surface area contributed by atoms with Crippen molar-refractivity contribution < 1.29 is 44.4 Å². The molecule has 0 aromatic rings. The molecule has 0 aliphatic rings. The van der Waals surface area contributed by atoms with Crippen LogP contribution in [0, 0.1) is 0 Å². The van der Waals surface area contributed by atoms with Crippen LogP contribution < -0.4 is 0 Å². The molecule has 0 aromatic carbocycles. The van der Waals surface area contributed by atoms with Gasteiger partial charge in [0.15, 0.2) is 0 Å². The molecule has 4 atom stereocenters. The van der Waals surface area contributed by atoms with Crippen LogP contribution in [0.2, 0.25) is 0 Å². The molecular weight excluding hydrogens is 247 g/mol. The molecule has 0 rings (SSSR count). The first kappa shape index (κ1) is 15.9. The maximum atomic E-state index is 10.2. The van der Waals surface area contributed by atoms with Gasteiger partial charge in [0.2, 0.25) is 0 Å². The van der Waals surface area contributed by atoms with Gasteiger partial charge in [-0.25, -0.2) is 4.57 Å². The zero-order valence-electron chi connectivity index (χ0n) is 8.12. The molecule has 0 bridgehead atoms. The Hall–Kier alpha value is -0.0900. The number of aliphatic hydroxyl groups excluding tert-OH is 5. The van der Waals surface area contributed by atoms with Crippen molar-refractivity contribution in [2.75, 3.05) is 13.2 Å². The summed E-state index contributed by atoms with van der Waals surface area (Å²) in [6, 6.07) is 0. The Kier molecular flexibility index (Phi) is 6.56. The topological polar surface area (TPSA) is 168 Å². The molecule has 0 saturated carbocycles. The molecule has 0 fully saturated rings. The zero-order valence-corrected chi connectivity index (χ0v) is 9.01. The summed E-state index contributed by atoms with van der Waals surface area (Å²) in [5.41, 5.74) is 0. The monoisotopic (exact) mass is 262 g/mol. The van der Waals surface area contributed by atoms with Gasteiger partial charge in [-0.2, -0.15) is 0 Å². The highest BCUT2D eigenvalue weighted by Crippen LogP contribution is 2.35. The first-order valence-corrected chi connectivity index (χ1v) is 5.75. The Morgan fingerprint density at radius 1 is 1.00 bits per heavy atom. The summed E-state index contributed by atoms with van der Waals surface area (Å²) in [4.78, 5) is 16.6. The Balaban J connectivity index is 4.17. The van der Waals surface area contributed by atoms with Gasteiger partial charge in [0, 0.05) is 0 Å². The van der Waals surface area contributed by atoms with Crippen LogP contribution in [-0.4, -0.2) is 72.9 Å². The van der Waals surface area contributed by atoms with Crippen molar-refractivity contribution in [3.05, 3.63) is 0 Å². The molecule has 0 saturated heterocycles. The molecular formula is C6H15O9P. The summed E-state index contributed by atoms with van der Waals surface area (Å²) in [7, 11) is -4.78. The maximum absolute atomic E-state index is 10.2. The minimum absolute atomic E-state index is 0.843. The van der Waals surface area contributed by atoms with Crippen molar-refractivity contribution in [3.63, 3.8) is 0 Å². The van der Waals surface area contributed by atoms with Crippen LogP contribution in [0.25, 0.3) is 0 Å². The minimum atomic E-state index is -4.78. The molecule has 16 heavy (non-hydrogen) atoms. The number of rotatable bonds is 7. The van der Waals surface area contributed by atoms with Crippen molar-refractivity contribution in [2.45, 2.75) is 24.4 Å². The Morgan fingerprint density at radius 3 is 1.81 bits per heavy atom. The van der Waals surface area contributed by atoms with Crippen LogP contribution in [0.3, 0.4) is 0 Å². The first-order valence-electron chi connectivity index (χ1n) is 4.22. The van der Waals surface area contributed by atoms with Crippen LogP contribution in [0.15, 0.2) is 0 Å². The van der Waals surface area contributed by atoms with Gasteiger partial charge in [0.05, 0.1) is 13.2 Å². The van der Waals surface area contributed by atoms with E-state index in [1.165, 1.54) is 0 Å². The van der Waals surface area contributed by atoms with E-state index in [9.17, 15) is 9.67 Å². The van der Waals surface area contributed by atoms with E-state index in [0.717, 1.165) is 0 Å². The van der Waals surface area contributed by atoms with Gasteiger partial charge in [-0.15, -0.1) is 0 Å². The second kappa shape index (κ2) is 6.60. The normalized spacial score (nSPS) is 20.2. The predicted octanol–water partition coefficient (Wildman–Crippen LogP) is -3.47. The first-order chi connectivity index (χ1) is 7.19. The largest absolute Gasteiger partial charge is 0.469 e. The van der Waals surface area contributed by atoms with Gasteiger partial charge in [-0.1, -0.05) is 0 Å². The molecule has 0 spiro atoms. The fourth-order valence-electron chi connectivity index (χ4n) is 0.835. The lowest BCUT2D eigenvalue weighted by Crippen LogP contribution is -2.47. The molecule has 0 radical (unpaired) electrons. The maximum Gasteiger partial charge on any atom is 0.469 e. The van der Waals surface area contributed by atoms with Crippen LogP contribution in [0.5, 0.6) is 0 Å². The van der Waals surface area contributed by atoms with E-state index >= 15 is 0 Å². The standard InChI is InChI=1S/C6H15O9P/c7-1-3(8)5(10)6(11)4(9)2-15-16(12,13)14/h3-11H,1-2H2,(H2,12,13,14)/t3-,4+,5+,6+/m0/s1. The van der Waals surface area contributed by atoms with E-state index in [1.54, 1.807) is 0 Å². The van der Waals surface area contributed by atoms with Gasteiger partial charge in [-0.05, 0) is 0 Å². The van der Waals surface area contributed by atoms with Crippen LogP contribution >= 0.6 is 7.82 Å². The van der Waals surface area contributed by atoms with Crippen molar-refractivity contribution in [2.24, 2.45) is 0 Å². The summed E-state index contributed by atoms with van der Waals surface area (Å²) in [6.45, 7) is -1.77. The second-order valence-electron chi connectivity index (χ2n) is 3.08. The molecule has 9 nitrogen and oxygen atoms in total. The molecule has 0 amide bonds. The molecule has 0 heterocycles. The minimum Gasteiger partial charge on any atom is -0.394 e. The third-order valence-corrected chi connectivity index (χ3v) is 2.22. The van der Waals surface area contributed by atoms with E-state index in [-0.39, 0.29) is 0 Å². The van der Waals surface area contributed by atoms with Crippen molar-refractivity contribution in [3.8, 4) is 0 Å². The van der Waals surface area contributed by atoms with Crippen molar-refractivity contribution in [1.29, 1.82) is 0 Å². The second-order valence-corrected chi connectivity index (χ2v) is 4.32. The predicted molar refractivity (Wildman–Crippen MR) is 49.1 cm³/mol. The van der Waals surface area contributed by atoms with E-state index in [4.69, 9.17) is 30.2 Å². The summed E-state index contributed by atoms with van der Waals surface area (Å²) < 4.78 is 14.1. The van der Waals surface area contributed by atoms with Crippen molar-refractivity contribution >= 4 is 7.82 Å². The Morgan fingerprint density at radius 2 is 1.44 bits per heavy atom. The highest BCUT2D eigenvalue weighted by Gasteiger charge is 2.31. The lowest BCUT2D eigenvalue weighted by Gasteiger charge is -2.25. The van der Waals surface area contributed by atoms with E-state index < -0.39 is 45.5 Å². The Labute approximate surface area is 90.8 Å². The van der Waals surface area contributed by atoms with Crippen LogP contribution in [-0.2, 0) is 9.09 Å². The molecule has 0 aliphatic heterocycles. The highest BCUT2D eigenvalue weighted by atomic mass is 31.2. The molecule has 0 aliphatic carbocycles. The van der Waals surface area contributed by atoms with Crippen molar-refractivity contribution in [1.82, 2.24) is 0 Å². The van der Waals surface area contributed by atoms with Gasteiger partial charge < -0.3 is 35.3 Å². The van der Waals surface area contributed by atoms with E-state index in [1.807, 2.05) is 0 Å². The summed E-state index contributed by atoms with van der Waals surface area (Å²) in [5.74, 6) is 0.